The minimum absolute atomic E-state index is 0.211. The number of amides is 1. The highest BCUT2D eigenvalue weighted by Gasteiger charge is 2.27. The number of hydrogen-bond donors (Lipinski definition) is 0. The first-order valence-electron chi connectivity index (χ1n) is 9.01. The molecule has 0 unspecified atom stereocenters. The summed E-state index contributed by atoms with van der Waals surface area (Å²) in [6.45, 7) is 3.03. The third-order valence-electron chi connectivity index (χ3n) is 5.53. The van der Waals surface area contributed by atoms with Gasteiger partial charge in [0.1, 0.15) is 0 Å². The average Bonchev–Trinajstić information content (AvgIpc) is 2.60. The van der Waals surface area contributed by atoms with Crippen LogP contribution in [0.1, 0.15) is 38.2 Å². The normalized spacial score (nSPS) is 26.8. The maximum absolute atomic E-state index is 12.6. The van der Waals surface area contributed by atoms with Crippen LogP contribution >= 0.6 is 0 Å². The molecule has 0 radical (unpaired) electrons. The Kier molecular flexibility index (Phi) is 5.59. The van der Waals surface area contributed by atoms with Gasteiger partial charge in [-0.25, -0.2) is 0 Å². The van der Waals surface area contributed by atoms with Gasteiger partial charge < -0.3 is 9.80 Å². The molecule has 1 aromatic rings. The molecule has 1 atom stereocenters. The molecule has 2 aliphatic heterocycles. The van der Waals surface area contributed by atoms with E-state index in [0.717, 1.165) is 43.7 Å². The van der Waals surface area contributed by atoms with Crippen LogP contribution in [0.15, 0.2) is 24.3 Å². The third kappa shape index (κ3) is 3.82. The zero-order chi connectivity index (χ0) is 17.1. The van der Waals surface area contributed by atoms with Gasteiger partial charge in [-0.15, -0.1) is 0 Å². The number of fused-ring (bicyclic) bond motifs is 1. The zero-order valence-electron chi connectivity index (χ0n) is 14.7. The molecule has 1 amide bonds. The first-order valence-corrected chi connectivity index (χ1v) is 10.5. The second-order valence-corrected chi connectivity index (χ2v) is 8.74. The van der Waals surface area contributed by atoms with Crippen molar-refractivity contribution in [3.8, 4) is 0 Å². The molecule has 0 aliphatic carbocycles. The van der Waals surface area contributed by atoms with E-state index in [1.165, 1.54) is 11.3 Å². The van der Waals surface area contributed by atoms with E-state index in [1.807, 2.05) is 11.9 Å². The van der Waals surface area contributed by atoms with Crippen LogP contribution in [0.5, 0.6) is 0 Å². The van der Waals surface area contributed by atoms with E-state index in [-0.39, 0.29) is 11.9 Å². The van der Waals surface area contributed by atoms with Gasteiger partial charge in [0, 0.05) is 60.1 Å². The van der Waals surface area contributed by atoms with Gasteiger partial charge in [-0.1, -0.05) is 18.2 Å². The van der Waals surface area contributed by atoms with Crippen molar-refractivity contribution in [3.05, 3.63) is 29.8 Å². The molecular formula is C19H28N2O2S. The van der Waals surface area contributed by atoms with E-state index < -0.39 is 10.8 Å². The Morgan fingerprint density at radius 1 is 1.25 bits per heavy atom. The van der Waals surface area contributed by atoms with Gasteiger partial charge in [-0.05, 0) is 44.2 Å². The zero-order valence-corrected chi connectivity index (χ0v) is 15.6. The Bertz CT molecular complexity index is 609. The quantitative estimate of drug-likeness (QED) is 0.840. The van der Waals surface area contributed by atoms with Crippen molar-refractivity contribution in [1.29, 1.82) is 0 Å². The number of carbonyl (C=O) groups excluding carboxylic acids is 1. The summed E-state index contributed by atoms with van der Waals surface area (Å²) in [6, 6.07) is 9.30. The summed E-state index contributed by atoms with van der Waals surface area (Å²) in [7, 11) is 1.24. The Morgan fingerprint density at radius 2 is 1.96 bits per heavy atom. The molecular weight excluding hydrogens is 320 g/mol. The third-order valence-corrected chi connectivity index (χ3v) is 6.91. The Morgan fingerprint density at radius 3 is 2.71 bits per heavy atom. The van der Waals surface area contributed by atoms with Crippen LogP contribution in [0.3, 0.4) is 0 Å². The minimum atomic E-state index is -0.674. The van der Waals surface area contributed by atoms with Crippen LogP contribution in [-0.4, -0.2) is 52.2 Å². The number of nitrogens with zero attached hydrogens (tertiary/aromatic N) is 2. The number of carbonyl (C=O) groups is 1. The lowest BCUT2D eigenvalue weighted by atomic mass is 9.96. The lowest BCUT2D eigenvalue weighted by Crippen LogP contribution is -2.44. The molecule has 3 rings (SSSR count). The molecule has 132 valence electrons. The molecule has 0 saturated carbocycles. The van der Waals surface area contributed by atoms with Crippen molar-refractivity contribution < 1.29 is 9.00 Å². The SMILES string of the molecule is C[C@H]1CCc2ccccc2N1CCC(=O)N(C)C1CCS(=O)CC1. The van der Waals surface area contributed by atoms with Gasteiger partial charge in [-0.2, -0.15) is 0 Å². The minimum Gasteiger partial charge on any atom is -0.368 e. The standard InChI is InChI=1S/C19H28N2O2S/c1-15-7-8-16-5-3-4-6-18(16)21(15)12-9-19(22)20(2)17-10-13-24(23)14-11-17/h3-6,15,17H,7-14H2,1-2H3/t15-,17?,24?/m0/s1. The first kappa shape index (κ1) is 17.5. The van der Waals surface area contributed by atoms with E-state index in [9.17, 15) is 9.00 Å². The van der Waals surface area contributed by atoms with Crippen LogP contribution in [0.4, 0.5) is 5.69 Å². The predicted molar refractivity (Wildman–Crippen MR) is 99.9 cm³/mol. The van der Waals surface area contributed by atoms with Crippen molar-refractivity contribution in [1.82, 2.24) is 4.90 Å². The number of hydrogen-bond acceptors (Lipinski definition) is 3. The van der Waals surface area contributed by atoms with Crippen molar-refractivity contribution in [2.45, 2.75) is 51.1 Å². The van der Waals surface area contributed by atoms with Crippen molar-refractivity contribution in [2.75, 3.05) is 30.0 Å². The maximum Gasteiger partial charge on any atom is 0.224 e. The van der Waals surface area contributed by atoms with Gasteiger partial charge in [0.15, 0.2) is 0 Å². The second kappa shape index (κ2) is 7.68. The van der Waals surface area contributed by atoms with Crippen LogP contribution in [0.2, 0.25) is 0 Å². The smallest absolute Gasteiger partial charge is 0.224 e. The molecule has 5 heteroatoms. The Labute approximate surface area is 147 Å². The summed E-state index contributed by atoms with van der Waals surface area (Å²) in [4.78, 5) is 16.9. The summed E-state index contributed by atoms with van der Waals surface area (Å²) in [5.41, 5.74) is 2.69. The number of benzene rings is 1. The molecule has 24 heavy (non-hydrogen) atoms. The molecule has 2 aliphatic rings. The Balaban J connectivity index is 1.59. The first-order chi connectivity index (χ1) is 11.6. The van der Waals surface area contributed by atoms with E-state index in [0.29, 0.717) is 12.5 Å². The lowest BCUT2D eigenvalue weighted by molar-refractivity contribution is -0.131. The summed E-state index contributed by atoms with van der Waals surface area (Å²) in [5, 5.41) is 0. The highest BCUT2D eigenvalue weighted by Crippen LogP contribution is 2.30. The Hall–Kier alpha value is -1.36. The lowest BCUT2D eigenvalue weighted by Gasteiger charge is -2.38. The van der Waals surface area contributed by atoms with E-state index >= 15 is 0 Å². The molecule has 0 N–H and O–H groups in total. The molecule has 4 nitrogen and oxygen atoms in total. The van der Waals surface area contributed by atoms with Crippen LogP contribution in [-0.2, 0) is 22.0 Å². The molecule has 1 aromatic carbocycles. The molecule has 0 spiro atoms. The van der Waals surface area contributed by atoms with E-state index in [2.05, 4.69) is 36.1 Å². The molecule has 1 fully saturated rings. The molecule has 2 heterocycles. The number of aryl methyl sites for hydroxylation is 1. The molecule has 0 bridgehead atoms. The summed E-state index contributed by atoms with van der Waals surface area (Å²) in [5.74, 6) is 1.68. The van der Waals surface area contributed by atoms with Crippen LogP contribution in [0, 0.1) is 0 Å². The summed E-state index contributed by atoms with van der Waals surface area (Å²) < 4.78 is 11.5. The van der Waals surface area contributed by atoms with Gasteiger partial charge in [0.05, 0.1) is 0 Å². The van der Waals surface area contributed by atoms with E-state index in [4.69, 9.17) is 0 Å². The van der Waals surface area contributed by atoms with Gasteiger partial charge in [0.2, 0.25) is 5.91 Å². The van der Waals surface area contributed by atoms with Crippen LogP contribution < -0.4 is 4.90 Å². The fourth-order valence-corrected chi connectivity index (χ4v) is 5.14. The van der Waals surface area contributed by atoms with Gasteiger partial charge in [-0.3, -0.25) is 9.00 Å². The highest BCUT2D eigenvalue weighted by atomic mass is 32.2. The van der Waals surface area contributed by atoms with Crippen molar-refractivity contribution in [2.24, 2.45) is 0 Å². The molecule has 1 saturated heterocycles. The summed E-state index contributed by atoms with van der Waals surface area (Å²) in [6.07, 6.45) is 4.57. The van der Waals surface area contributed by atoms with Crippen molar-refractivity contribution >= 4 is 22.4 Å². The van der Waals surface area contributed by atoms with Crippen molar-refractivity contribution in [3.63, 3.8) is 0 Å². The topological polar surface area (TPSA) is 40.6 Å². The van der Waals surface area contributed by atoms with Crippen LogP contribution in [0.25, 0.3) is 0 Å². The fraction of sp³-hybridized carbons (Fsp3) is 0.632. The molecule has 0 aromatic heterocycles. The predicted octanol–water partition coefficient (Wildman–Crippen LogP) is 2.59. The maximum atomic E-state index is 12.6. The monoisotopic (exact) mass is 348 g/mol. The highest BCUT2D eigenvalue weighted by molar-refractivity contribution is 7.85. The number of rotatable bonds is 4. The average molecular weight is 349 g/mol. The van der Waals surface area contributed by atoms with E-state index in [1.54, 1.807) is 0 Å². The number of para-hydroxylation sites is 1. The largest absolute Gasteiger partial charge is 0.368 e. The number of anilines is 1. The van der Waals surface area contributed by atoms with Gasteiger partial charge in [0.25, 0.3) is 0 Å². The second-order valence-electron chi connectivity index (χ2n) is 7.04. The van der Waals surface area contributed by atoms with Gasteiger partial charge >= 0.3 is 0 Å². The summed E-state index contributed by atoms with van der Waals surface area (Å²) >= 11 is 0. The fourth-order valence-electron chi connectivity index (χ4n) is 3.87.